The van der Waals surface area contributed by atoms with E-state index in [-0.39, 0.29) is 25.6 Å². The monoisotopic (exact) mass is 291 g/mol. The Labute approximate surface area is 122 Å². The zero-order valence-electron chi connectivity index (χ0n) is 12.0. The van der Waals surface area contributed by atoms with E-state index >= 15 is 0 Å². The molecule has 0 aromatic heterocycles. The molecule has 0 spiro atoms. The molecule has 7 nitrogen and oxygen atoms in total. The molecule has 2 rings (SSSR count). The molecule has 21 heavy (non-hydrogen) atoms. The van der Waals surface area contributed by atoms with Crippen LogP contribution < -0.4 is 10.6 Å². The van der Waals surface area contributed by atoms with Crippen molar-refractivity contribution in [1.29, 1.82) is 0 Å². The van der Waals surface area contributed by atoms with Crippen LogP contribution in [0.1, 0.15) is 17.3 Å². The zero-order valence-corrected chi connectivity index (χ0v) is 12.0. The van der Waals surface area contributed by atoms with E-state index in [1.165, 1.54) is 15.9 Å². The Kier molecular flexibility index (Phi) is 4.11. The third kappa shape index (κ3) is 2.96. The highest BCUT2D eigenvalue weighted by molar-refractivity contribution is 6.10. The molecular weight excluding hydrogens is 274 g/mol. The molecule has 112 valence electrons. The van der Waals surface area contributed by atoms with Crippen LogP contribution in [-0.4, -0.2) is 49.4 Å². The highest BCUT2D eigenvalue weighted by Crippen LogP contribution is 2.26. The van der Waals surface area contributed by atoms with Crippen molar-refractivity contribution in [3.63, 3.8) is 0 Å². The van der Waals surface area contributed by atoms with Crippen LogP contribution in [0.5, 0.6) is 0 Å². The molecule has 1 aliphatic heterocycles. The maximum atomic E-state index is 12.5. The molecule has 2 amide bonds. The number of amides is 2. The lowest BCUT2D eigenvalue weighted by Gasteiger charge is -2.18. The first-order valence-electron chi connectivity index (χ1n) is 6.55. The second kappa shape index (κ2) is 5.82. The minimum absolute atomic E-state index is 0.178. The molecule has 0 unspecified atom stereocenters. The molecule has 0 bridgehead atoms. The normalized spacial score (nSPS) is 14.8. The molecular formula is C14H17N3O4. The summed E-state index contributed by atoms with van der Waals surface area (Å²) in [6, 6.07) is 4.75. The van der Waals surface area contributed by atoms with Crippen LogP contribution in [0.2, 0.25) is 0 Å². The summed E-state index contributed by atoms with van der Waals surface area (Å²) in [5.74, 6) is -1.24. The van der Waals surface area contributed by atoms with Gasteiger partial charge in [-0.15, -0.1) is 0 Å². The van der Waals surface area contributed by atoms with Gasteiger partial charge < -0.3 is 20.3 Å². The first-order valence-corrected chi connectivity index (χ1v) is 6.55. The largest absolute Gasteiger partial charge is 0.465 e. The number of benzene rings is 1. The van der Waals surface area contributed by atoms with Crippen LogP contribution in [0.15, 0.2) is 18.2 Å². The maximum absolute atomic E-state index is 12.5. The predicted octanol–water partition coefficient (Wildman–Crippen LogP) is 0.250. The number of nitrogens with zero attached hydrogens (tertiary/aromatic N) is 2. The molecule has 1 aliphatic rings. The van der Waals surface area contributed by atoms with Crippen molar-refractivity contribution in [2.24, 2.45) is 0 Å². The highest BCUT2D eigenvalue weighted by atomic mass is 16.5. The van der Waals surface area contributed by atoms with Gasteiger partial charge in [-0.1, -0.05) is 0 Å². The van der Waals surface area contributed by atoms with E-state index in [0.717, 1.165) is 0 Å². The van der Waals surface area contributed by atoms with Gasteiger partial charge in [-0.25, -0.2) is 0 Å². The fraction of sp³-hybridized carbons (Fsp3) is 0.357. The number of esters is 1. The highest BCUT2D eigenvalue weighted by Gasteiger charge is 2.31. The van der Waals surface area contributed by atoms with Crippen LogP contribution in [0.4, 0.5) is 11.4 Å². The number of carbonyl (C=O) groups is 3. The summed E-state index contributed by atoms with van der Waals surface area (Å²) in [5.41, 5.74) is 6.90. The van der Waals surface area contributed by atoms with Gasteiger partial charge in [-0.05, 0) is 25.1 Å². The SMILES string of the molecule is CCOC(=O)CN1CC(=O)N(C)c2ccc(N)cc2C1=O. The molecule has 0 aliphatic carbocycles. The van der Waals surface area contributed by atoms with Gasteiger partial charge in [0, 0.05) is 12.7 Å². The average molecular weight is 291 g/mol. The Morgan fingerprint density at radius 2 is 2.10 bits per heavy atom. The van der Waals surface area contributed by atoms with Gasteiger partial charge >= 0.3 is 5.97 Å². The Morgan fingerprint density at radius 1 is 1.38 bits per heavy atom. The van der Waals surface area contributed by atoms with E-state index in [1.807, 2.05) is 0 Å². The van der Waals surface area contributed by atoms with Crippen LogP contribution in [0.25, 0.3) is 0 Å². The summed E-state index contributed by atoms with van der Waals surface area (Å²) in [5, 5.41) is 0. The van der Waals surface area contributed by atoms with Crippen molar-refractivity contribution in [1.82, 2.24) is 4.90 Å². The summed E-state index contributed by atoms with van der Waals surface area (Å²) in [6.07, 6.45) is 0. The number of hydrogen-bond donors (Lipinski definition) is 1. The van der Waals surface area contributed by atoms with Crippen molar-refractivity contribution in [3.8, 4) is 0 Å². The van der Waals surface area contributed by atoms with Crippen molar-refractivity contribution in [2.45, 2.75) is 6.92 Å². The topological polar surface area (TPSA) is 92.9 Å². The fourth-order valence-corrected chi connectivity index (χ4v) is 2.15. The number of rotatable bonds is 3. The van der Waals surface area contributed by atoms with Crippen LogP contribution in [0, 0.1) is 0 Å². The van der Waals surface area contributed by atoms with Crippen LogP contribution in [0.3, 0.4) is 0 Å². The van der Waals surface area contributed by atoms with Gasteiger partial charge in [-0.2, -0.15) is 0 Å². The second-order valence-corrected chi connectivity index (χ2v) is 4.70. The maximum Gasteiger partial charge on any atom is 0.325 e. The lowest BCUT2D eigenvalue weighted by Crippen LogP contribution is -2.41. The number of nitrogen functional groups attached to an aromatic ring is 1. The number of hydrogen-bond acceptors (Lipinski definition) is 5. The summed E-state index contributed by atoms with van der Waals surface area (Å²) in [6.45, 7) is 1.46. The molecule has 0 fully saturated rings. The quantitative estimate of drug-likeness (QED) is 0.636. The molecule has 2 N–H and O–H groups in total. The lowest BCUT2D eigenvalue weighted by molar-refractivity contribution is -0.143. The smallest absolute Gasteiger partial charge is 0.325 e. The molecule has 0 saturated heterocycles. The number of carbonyl (C=O) groups excluding carboxylic acids is 3. The zero-order chi connectivity index (χ0) is 15.6. The van der Waals surface area contributed by atoms with Gasteiger partial charge in [0.2, 0.25) is 5.91 Å². The fourth-order valence-electron chi connectivity index (χ4n) is 2.15. The molecule has 1 heterocycles. The molecule has 0 atom stereocenters. The van der Waals surface area contributed by atoms with E-state index in [0.29, 0.717) is 16.9 Å². The number of fused-ring (bicyclic) bond motifs is 1. The van der Waals surface area contributed by atoms with E-state index in [4.69, 9.17) is 10.5 Å². The van der Waals surface area contributed by atoms with Gasteiger partial charge in [0.1, 0.15) is 13.1 Å². The van der Waals surface area contributed by atoms with Gasteiger partial charge in [-0.3, -0.25) is 14.4 Å². The molecule has 1 aromatic rings. The standard InChI is InChI=1S/C14H17N3O4/c1-3-21-13(19)8-17-7-12(18)16(2)11-5-4-9(15)6-10(11)14(17)20/h4-6H,3,7-8,15H2,1-2H3. The summed E-state index contributed by atoms with van der Waals surface area (Å²) >= 11 is 0. The van der Waals surface area contributed by atoms with E-state index in [1.54, 1.807) is 26.1 Å². The Hall–Kier alpha value is -2.57. The Morgan fingerprint density at radius 3 is 2.76 bits per heavy atom. The third-order valence-corrected chi connectivity index (χ3v) is 3.23. The predicted molar refractivity (Wildman–Crippen MR) is 76.8 cm³/mol. The van der Waals surface area contributed by atoms with E-state index in [9.17, 15) is 14.4 Å². The number of anilines is 2. The molecule has 0 radical (unpaired) electrons. The number of nitrogens with two attached hydrogens (primary N) is 1. The van der Waals surface area contributed by atoms with E-state index in [2.05, 4.69) is 0 Å². The minimum atomic E-state index is -0.548. The minimum Gasteiger partial charge on any atom is -0.465 e. The van der Waals surface area contributed by atoms with Crippen molar-refractivity contribution in [2.75, 3.05) is 37.4 Å². The molecule has 0 saturated carbocycles. The number of likely N-dealkylation sites (N-methyl/N-ethyl adjacent to an activating group) is 1. The van der Waals surface area contributed by atoms with Crippen LogP contribution in [-0.2, 0) is 14.3 Å². The van der Waals surface area contributed by atoms with Crippen molar-refractivity contribution >= 4 is 29.2 Å². The first-order chi connectivity index (χ1) is 9.93. The van der Waals surface area contributed by atoms with Crippen molar-refractivity contribution < 1.29 is 19.1 Å². The van der Waals surface area contributed by atoms with Gasteiger partial charge in [0.15, 0.2) is 0 Å². The number of ether oxygens (including phenoxy) is 1. The Bertz CT molecular complexity index is 600. The second-order valence-electron chi connectivity index (χ2n) is 4.70. The third-order valence-electron chi connectivity index (χ3n) is 3.23. The Balaban J connectivity index is 2.37. The van der Waals surface area contributed by atoms with E-state index < -0.39 is 11.9 Å². The molecule has 7 heteroatoms. The van der Waals surface area contributed by atoms with Gasteiger partial charge in [0.25, 0.3) is 5.91 Å². The first kappa shape index (κ1) is 14.8. The summed E-state index contributed by atoms with van der Waals surface area (Å²) in [7, 11) is 1.58. The summed E-state index contributed by atoms with van der Waals surface area (Å²) in [4.78, 5) is 38.7. The molecule has 1 aromatic carbocycles. The van der Waals surface area contributed by atoms with Gasteiger partial charge in [0.05, 0.1) is 17.9 Å². The average Bonchev–Trinajstić information content (AvgIpc) is 2.51. The van der Waals surface area contributed by atoms with Crippen LogP contribution >= 0.6 is 0 Å². The summed E-state index contributed by atoms with van der Waals surface area (Å²) < 4.78 is 4.83. The lowest BCUT2D eigenvalue weighted by atomic mass is 10.1. The van der Waals surface area contributed by atoms with Crippen molar-refractivity contribution in [3.05, 3.63) is 23.8 Å².